The Balaban J connectivity index is 0.000000158. The lowest BCUT2D eigenvalue weighted by Gasteiger charge is -2.42. The number of aromatic nitrogens is 2. The van der Waals surface area contributed by atoms with Crippen LogP contribution in [0.5, 0.6) is 0 Å². The van der Waals surface area contributed by atoms with E-state index in [9.17, 15) is 18.4 Å². The lowest BCUT2D eigenvalue weighted by molar-refractivity contribution is 0.0925. The third-order valence-corrected chi connectivity index (χ3v) is 17.5. The van der Waals surface area contributed by atoms with Gasteiger partial charge in [0, 0.05) is 64.2 Å². The molecular weight excluding hydrogens is 1050 g/mol. The van der Waals surface area contributed by atoms with Crippen LogP contribution in [-0.4, -0.2) is 44.2 Å². The minimum absolute atomic E-state index is 0.226. The number of pyridine rings is 2. The van der Waals surface area contributed by atoms with Crippen molar-refractivity contribution in [2.75, 3.05) is 0 Å². The predicted octanol–water partition coefficient (Wildman–Crippen LogP) is 16.6. The predicted molar refractivity (Wildman–Crippen MR) is 298 cm³/mol. The number of benzene rings is 6. The minimum atomic E-state index is -0.395. The van der Waals surface area contributed by atoms with Gasteiger partial charge >= 0.3 is 0 Å². The second-order valence-electron chi connectivity index (χ2n) is 20.3. The molecule has 0 radical (unpaired) electrons. The lowest BCUT2D eigenvalue weighted by atomic mass is 9.82. The van der Waals surface area contributed by atoms with Crippen molar-refractivity contribution in [1.82, 2.24) is 19.4 Å². The maximum Gasteiger partial charge on any atom is 0.255 e. The van der Waals surface area contributed by atoms with E-state index < -0.39 is 11.6 Å². The Morgan fingerprint density at radius 1 is 0.479 bits per heavy atom. The number of nitrogens with one attached hydrogen (secondary N) is 1. The van der Waals surface area contributed by atoms with Crippen LogP contribution in [0.3, 0.4) is 0 Å². The van der Waals surface area contributed by atoms with Gasteiger partial charge in [0.25, 0.3) is 11.1 Å². The van der Waals surface area contributed by atoms with E-state index in [2.05, 4.69) is 48.3 Å². The molecule has 6 aromatic carbocycles. The average Bonchev–Trinajstić information content (AvgIpc) is 3.84. The number of para-hydroxylation sites is 2. The SMILES string of the molecule is CC(C)N1C2CCC1CC(c1cc(-c3ccc(F)cc3Cl)c3ccc(=O)n(-c4c(Cl)cccc4Cl)c3c1)C2.O=c1ccc2c(-c3ccc(F)cc3Cl)cc(C3CC4CCC(C3)N4)cc2n1-c1c(Cl)cccc1Cl. The van der Waals surface area contributed by atoms with Gasteiger partial charge in [-0.25, -0.2) is 8.78 Å². The Hall–Kier alpha value is -4.74. The zero-order chi connectivity index (χ0) is 51.0. The van der Waals surface area contributed by atoms with Crippen LogP contribution < -0.4 is 16.4 Å². The highest BCUT2D eigenvalue weighted by Crippen LogP contribution is 2.47. The number of hydrogen-bond donors (Lipinski definition) is 1. The van der Waals surface area contributed by atoms with Crippen molar-refractivity contribution in [3.8, 4) is 33.6 Å². The van der Waals surface area contributed by atoms with Crippen LogP contribution in [0, 0.1) is 11.6 Å². The van der Waals surface area contributed by atoms with E-state index in [1.807, 2.05) is 6.07 Å². The van der Waals surface area contributed by atoms with E-state index >= 15 is 0 Å². The molecule has 6 heterocycles. The molecule has 4 fully saturated rings. The van der Waals surface area contributed by atoms with Gasteiger partial charge in [-0.2, -0.15) is 0 Å². The molecule has 4 aliphatic heterocycles. The Labute approximate surface area is 452 Å². The van der Waals surface area contributed by atoms with Gasteiger partial charge in [0.1, 0.15) is 11.6 Å². The smallest absolute Gasteiger partial charge is 0.255 e. The lowest BCUT2D eigenvalue weighted by Crippen LogP contribution is -2.46. The third-order valence-electron chi connectivity index (χ3n) is 15.6. The van der Waals surface area contributed by atoms with Gasteiger partial charge in [-0.1, -0.05) is 93.9 Å². The summed E-state index contributed by atoms with van der Waals surface area (Å²) in [5.74, 6) is -0.123. The zero-order valence-corrected chi connectivity index (χ0v) is 44.5. The Morgan fingerprint density at radius 2 is 0.890 bits per heavy atom. The minimum Gasteiger partial charge on any atom is -0.311 e. The molecule has 4 aliphatic rings. The molecule has 2 aromatic heterocycles. The van der Waals surface area contributed by atoms with Crippen LogP contribution in [0.4, 0.5) is 8.78 Å². The molecule has 6 nitrogen and oxygen atoms in total. The number of rotatable bonds is 7. The normalized spacial score (nSPS) is 21.5. The van der Waals surface area contributed by atoms with Crippen molar-refractivity contribution in [2.24, 2.45) is 0 Å². The van der Waals surface area contributed by atoms with Crippen LogP contribution in [0.1, 0.15) is 88.2 Å². The van der Waals surface area contributed by atoms with Crippen LogP contribution in [-0.2, 0) is 0 Å². The zero-order valence-electron chi connectivity index (χ0n) is 39.9. The van der Waals surface area contributed by atoms with Gasteiger partial charge in [-0.3, -0.25) is 23.6 Å². The summed E-state index contributed by atoms with van der Waals surface area (Å²) in [7, 11) is 0. The first-order valence-electron chi connectivity index (χ1n) is 24.8. The third kappa shape index (κ3) is 9.54. The Kier molecular flexibility index (Phi) is 14.1. The highest BCUT2D eigenvalue weighted by atomic mass is 35.5. The van der Waals surface area contributed by atoms with Crippen molar-refractivity contribution < 1.29 is 8.78 Å². The van der Waals surface area contributed by atoms with Gasteiger partial charge in [0.05, 0.1) is 52.5 Å². The van der Waals surface area contributed by atoms with Crippen molar-refractivity contribution >= 4 is 91.4 Å². The number of halogens is 8. The summed E-state index contributed by atoms with van der Waals surface area (Å²) in [4.78, 5) is 29.3. The molecule has 73 heavy (non-hydrogen) atoms. The molecule has 0 aliphatic carbocycles. The molecule has 4 bridgehead atoms. The summed E-state index contributed by atoms with van der Waals surface area (Å²) in [5.41, 5.74) is 7.28. The summed E-state index contributed by atoms with van der Waals surface area (Å²) in [6.07, 6.45) is 8.97. The van der Waals surface area contributed by atoms with Crippen molar-refractivity contribution in [1.29, 1.82) is 0 Å². The summed E-state index contributed by atoms with van der Waals surface area (Å²) in [6, 6.07) is 37.1. The van der Waals surface area contributed by atoms with Crippen LogP contribution in [0.2, 0.25) is 30.1 Å². The van der Waals surface area contributed by atoms with E-state index in [0.29, 0.717) is 100 Å². The second-order valence-corrected chi connectivity index (χ2v) is 22.7. The molecule has 0 amide bonds. The molecule has 0 saturated carbocycles. The van der Waals surface area contributed by atoms with Gasteiger partial charge in [-0.15, -0.1) is 0 Å². The fraction of sp³-hybridized carbons (Fsp3) is 0.288. The molecule has 0 spiro atoms. The van der Waals surface area contributed by atoms with Gasteiger partial charge in [0.15, 0.2) is 0 Å². The van der Waals surface area contributed by atoms with E-state index in [-0.39, 0.29) is 11.1 Å². The largest absolute Gasteiger partial charge is 0.311 e. The first-order chi connectivity index (χ1) is 35.1. The molecular formula is C59H50Cl6F2N4O2. The Morgan fingerprint density at radius 3 is 1.29 bits per heavy atom. The number of hydrogen-bond acceptors (Lipinski definition) is 4. The summed E-state index contributed by atoms with van der Waals surface area (Å²) < 4.78 is 31.1. The summed E-state index contributed by atoms with van der Waals surface area (Å²) in [5, 5.41) is 7.54. The molecule has 1 N–H and O–H groups in total. The quantitative estimate of drug-likeness (QED) is 0.173. The van der Waals surface area contributed by atoms with E-state index in [1.54, 1.807) is 63.7 Å². The Bertz CT molecular complexity index is 3550. The average molecular weight is 1100 g/mol. The number of nitrogens with zero attached hydrogens (tertiary/aromatic N) is 3. The first-order valence-corrected chi connectivity index (χ1v) is 27.1. The second kappa shape index (κ2) is 20.4. The van der Waals surface area contributed by atoms with Crippen LogP contribution >= 0.6 is 69.6 Å². The highest BCUT2D eigenvalue weighted by molar-refractivity contribution is 6.39. The molecule has 374 valence electrons. The maximum atomic E-state index is 14.0. The van der Waals surface area contributed by atoms with Gasteiger partial charge in [0.2, 0.25) is 0 Å². The van der Waals surface area contributed by atoms with E-state index in [4.69, 9.17) is 69.6 Å². The molecule has 4 saturated heterocycles. The monoisotopic (exact) mass is 1090 g/mol. The standard InChI is InChI=1S/C31H28Cl3FN2O.C28H22Cl3FN2O/c1-17(2)36-21-7-8-22(36)13-18(12-21)19-14-25(23-9-6-20(35)16-28(23)34)24-10-11-30(38)37(29(24)15-19)31-26(32)4-3-5-27(31)33;29-23-2-1-3-24(30)28(23)34-26-13-16(15-10-18-5-6-19(11-15)33-18)12-22(21(26)8-9-27(34)35)20-7-4-17(32)14-25(20)31/h3-6,9-11,14-18,21-22H,7-8,12-13H2,1-2H3;1-4,7-9,12-15,18-19,33H,5-6,10-11H2. The molecule has 14 heteroatoms. The molecule has 4 unspecified atom stereocenters. The summed E-state index contributed by atoms with van der Waals surface area (Å²) in [6.45, 7) is 4.56. The molecule has 4 atom stereocenters. The topological polar surface area (TPSA) is 59.3 Å². The van der Waals surface area contributed by atoms with Crippen molar-refractivity contribution in [2.45, 2.75) is 107 Å². The molecule has 12 rings (SSSR count). The molecule has 8 aromatic rings. The van der Waals surface area contributed by atoms with E-state index in [0.717, 1.165) is 64.3 Å². The maximum absolute atomic E-state index is 14.0. The number of piperidine rings is 2. The highest BCUT2D eigenvalue weighted by Gasteiger charge is 2.42. The first kappa shape index (κ1) is 50.4. The van der Waals surface area contributed by atoms with E-state index in [1.165, 1.54) is 62.1 Å². The van der Waals surface area contributed by atoms with Gasteiger partial charge < -0.3 is 5.32 Å². The van der Waals surface area contributed by atoms with Crippen LogP contribution in [0.25, 0.3) is 55.4 Å². The van der Waals surface area contributed by atoms with Crippen molar-refractivity contribution in [3.63, 3.8) is 0 Å². The van der Waals surface area contributed by atoms with Crippen LogP contribution in [0.15, 0.2) is 131 Å². The van der Waals surface area contributed by atoms with Crippen molar-refractivity contribution in [3.05, 3.63) is 195 Å². The number of fused-ring (bicyclic) bond motifs is 6. The fourth-order valence-corrected chi connectivity index (χ4v) is 14.3. The van der Waals surface area contributed by atoms with Gasteiger partial charge in [-0.05, 0) is 184 Å². The summed E-state index contributed by atoms with van der Waals surface area (Å²) >= 11 is 39.4. The fourth-order valence-electron chi connectivity index (χ4n) is 12.6.